The molecule has 2 rings (SSSR count). The van der Waals surface area contributed by atoms with Gasteiger partial charge in [0.05, 0.1) is 4.90 Å². The van der Waals surface area contributed by atoms with E-state index in [1.54, 1.807) is 6.07 Å². The van der Waals surface area contributed by atoms with Crippen molar-refractivity contribution in [1.29, 1.82) is 0 Å². The summed E-state index contributed by atoms with van der Waals surface area (Å²) in [5.74, 6) is 1.11. The van der Waals surface area contributed by atoms with E-state index in [4.69, 9.17) is 11.6 Å². The number of nitrogens with zero attached hydrogens (tertiary/aromatic N) is 1. The lowest BCUT2D eigenvalue weighted by atomic mass is 10.1. The van der Waals surface area contributed by atoms with Gasteiger partial charge >= 0.3 is 0 Å². The van der Waals surface area contributed by atoms with E-state index in [0.717, 1.165) is 11.1 Å². The van der Waals surface area contributed by atoms with Gasteiger partial charge in [-0.1, -0.05) is 19.1 Å². The van der Waals surface area contributed by atoms with Crippen molar-refractivity contribution in [3.05, 3.63) is 29.3 Å². The Bertz CT molecular complexity index is 606. The van der Waals surface area contributed by atoms with E-state index < -0.39 is 20.8 Å². The van der Waals surface area contributed by atoms with Gasteiger partial charge in [-0.2, -0.15) is 4.31 Å². The first-order valence-electron chi connectivity index (χ1n) is 6.52. The zero-order valence-electron chi connectivity index (χ0n) is 11.3. The molecule has 1 heterocycles. The predicted molar refractivity (Wildman–Crippen MR) is 82.0 cm³/mol. The van der Waals surface area contributed by atoms with E-state index in [2.05, 4.69) is 0 Å². The molecule has 1 aromatic carbocycles. The highest BCUT2D eigenvalue weighted by atomic mass is 35.5. The molecule has 0 atom stereocenters. The Balaban J connectivity index is 2.40. The summed E-state index contributed by atoms with van der Waals surface area (Å²) in [5.41, 5.74) is 1.59. The van der Waals surface area contributed by atoms with Gasteiger partial charge in [0.15, 0.2) is 0 Å². The molecule has 0 bridgehead atoms. The molecule has 0 saturated carbocycles. The summed E-state index contributed by atoms with van der Waals surface area (Å²) in [6.45, 7) is 2.58. The first-order valence-corrected chi connectivity index (χ1v) is 9.98. The second kappa shape index (κ2) is 6.56. The van der Waals surface area contributed by atoms with Gasteiger partial charge in [0.1, 0.15) is 0 Å². The molecule has 1 fully saturated rings. The van der Waals surface area contributed by atoms with Crippen LogP contribution in [0.25, 0.3) is 0 Å². The van der Waals surface area contributed by atoms with Crippen molar-refractivity contribution >= 4 is 32.4 Å². The molecular weight excluding hydrogens is 318 g/mol. The second-order valence-corrected chi connectivity index (χ2v) is 8.55. The Morgan fingerprint density at radius 2 is 1.95 bits per heavy atom. The van der Waals surface area contributed by atoms with Crippen LogP contribution in [0.5, 0.6) is 0 Å². The molecule has 1 aliphatic heterocycles. The molecule has 4 nitrogen and oxygen atoms in total. The zero-order chi connectivity index (χ0) is 14.8. The lowest BCUT2D eigenvalue weighted by molar-refractivity contribution is 0.438. The molecular formula is C13H18ClNO3S2. The minimum absolute atomic E-state index is 0.288. The molecule has 1 aromatic rings. The maximum absolute atomic E-state index is 12.7. The van der Waals surface area contributed by atoms with Crippen LogP contribution in [0, 0.1) is 0 Å². The van der Waals surface area contributed by atoms with Gasteiger partial charge in [0.25, 0.3) is 0 Å². The summed E-state index contributed by atoms with van der Waals surface area (Å²) < 4.78 is 38.3. The Kier molecular flexibility index (Phi) is 5.23. The molecule has 0 aliphatic carbocycles. The average molecular weight is 336 g/mol. The van der Waals surface area contributed by atoms with Gasteiger partial charge in [-0.15, -0.1) is 11.6 Å². The largest absolute Gasteiger partial charge is 0.259 e. The highest BCUT2D eigenvalue weighted by molar-refractivity contribution is 7.89. The first-order chi connectivity index (χ1) is 9.48. The third-order valence-electron chi connectivity index (χ3n) is 3.42. The van der Waals surface area contributed by atoms with Gasteiger partial charge in [-0.25, -0.2) is 8.42 Å². The fourth-order valence-electron chi connectivity index (χ4n) is 2.21. The van der Waals surface area contributed by atoms with Crippen LogP contribution in [0.1, 0.15) is 18.1 Å². The molecule has 0 aromatic heterocycles. The maximum Gasteiger partial charge on any atom is 0.243 e. The number of sulfonamides is 1. The molecule has 7 heteroatoms. The topological polar surface area (TPSA) is 54.5 Å². The smallest absolute Gasteiger partial charge is 0.243 e. The third kappa shape index (κ3) is 3.24. The summed E-state index contributed by atoms with van der Waals surface area (Å²) in [6, 6.07) is 5.34. The first kappa shape index (κ1) is 15.9. The van der Waals surface area contributed by atoms with Crippen molar-refractivity contribution in [2.45, 2.75) is 24.1 Å². The van der Waals surface area contributed by atoms with E-state index in [1.165, 1.54) is 4.31 Å². The summed E-state index contributed by atoms with van der Waals surface area (Å²) in [6.07, 6.45) is 0.650. The average Bonchev–Trinajstić information content (AvgIpc) is 2.47. The van der Waals surface area contributed by atoms with Gasteiger partial charge in [0, 0.05) is 41.3 Å². The molecule has 0 radical (unpaired) electrons. The molecule has 1 aliphatic rings. The van der Waals surface area contributed by atoms with Crippen LogP contribution in [-0.4, -0.2) is 41.5 Å². The van der Waals surface area contributed by atoms with Crippen LogP contribution in [-0.2, 0) is 33.1 Å². The summed E-state index contributed by atoms with van der Waals surface area (Å²) >= 11 is 5.80. The van der Waals surface area contributed by atoms with Crippen LogP contribution >= 0.6 is 11.6 Å². The molecule has 0 N–H and O–H groups in total. The molecule has 20 heavy (non-hydrogen) atoms. The van der Waals surface area contributed by atoms with Crippen LogP contribution in [0.15, 0.2) is 23.1 Å². The van der Waals surface area contributed by atoms with E-state index in [1.807, 2.05) is 19.1 Å². The molecule has 0 spiro atoms. The van der Waals surface area contributed by atoms with Gasteiger partial charge in [-0.05, 0) is 23.6 Å². The normalized spacial score (nSPS) is 18.3. The Morgan fingerprint density at radius 3 is 2.50 bits per heavy atom. The number of halogens is 1. The fourth-order valence-corrected chi connectivity index (χ4v) is 5.45. The quantitative estimate of drug-likeness (QED) is 0.788. The molecule has 112 valence electrons. The monoisotopic (exact) mass is 335 g/mol. The van der Waals surface area contributed by atoms with E-state index in [9.17, 15) is 12.6 Å². The summed E-state index contributed by atoms with van der Waals surface area (Å²) in [5, 5.41) is 0. The Labute approximate surface area is 127 Å². The van der Waals surface area contributed by atoms with Crippen LogP contribution in [0.4, 0.5) is 0 Å². The van der Waals surface area contributed by atoms with E-state index in [-0.39, 0.29) is 5.88 Å². The van der Waals surface area contributed by atoms with Crippen molar-refractivity contribution < 1.29 is 12.6 Å². The Morgan fingerprint density at radius 1 is 1.30 bits per heavy atom. The molecule has 1 saturated heterocycles. The van der Waals surface area contributed by atoms with Crippen molar-refractivity contribution in [3.8, 4) is 0 Å². The lowest BCUT2D eigenvalue weighted by Crippen LogP contribution is -2.42. The van der Waals surface area contributed by atoms with E-state index in [0.29, 0.717) is 35.9 Å². The number of benzene rings is 1. The maximum atomic E-state index is 12.7. The van der Waals surface area contributed by atoms with Gasteiger partial charge in [0.2, 0.25) is 10.0 Å². The number of alkyl halides is 1. The fraction of sp³-hybridized carbons (Fsp3) is 0.538. The highest BCUT2D eigenvalue weighted by Crippen LogP contribution is 2.24. The minimum Gasteiger partial charge on any atom is -0.259 e. The van der Waals surface area contributed by atoms with E-state index >= 15 is 0 Å². The van der Waals surface area contributed by atoms with Crippen molar-refractivity contribution in [1.82, 2.24) is 4.31 Å². The number of hydrogen-bond donors (Lipinski definition) is 0. The number of rotatable bonds is 4. The van der Waals surface area contributed by atoms with Crippen LogP contribution in [0.2, 0.25) is 0 Å². The Hall–Kier alpha value is -0.430. The van der Waals surface area contributed by atoms with Gasteiger partial charge in [-0.3, -0.25) is 4.21 Å². The summed E-state index contributed by atoms with van der Waals surface area (Å²) in [7, 11) is -4.41. The number of hydrogen-bond acceptors (Lipinski definition) is 3. The highest BCUT2D eigenvalue weighted by Gasteiger charge is 2.29. The second-order valence-electron chi connectivity index (χ2n) is 4.68. The van der Waals surface area contributed by atoms with Gasteiger partial charge < -0.3 is 0 Å². The van der Waals surface area contributed by atoms with Crippen LogP contribution in [0.3, 0.4) is 0 Å². The number of aryl methyl sites for hydroxylation is 1. The van der Waals surface area contributed by atoms with Crippen molar-refractivity contribution in [3.63, 3.8) is 0 Å². The summed E-state index contributed by atoms with van der Waals surface area (Å²) in [4.78, 5) is 0.339. The third-order valence-corrected chi connectivity index (χ3v) is 6.99. The molecule has 0 amide bonds. The predicted octanol–water partition coefficient (Wildman–Crippen LogP) is 1.74. The molecule has 0 unspecified atom stereocenters. The van der Waals surface area contributed by atoms with Crippen LogP contribution < -0.4 is 0 Å². The minimum atomic E-state index is -3.52. The van der Waals surface area contributed by atoms with Crippen molar-refractivity contribution in [2.24, 2.45) is 0 Å². The SMILES string of the molecule is CCc1ccc(CCl)cc1S(=O)(=O)N1CCS(=O)CC1. The lowest BCUT2D eigenvalue weighted by Gasteiger charge is -2.26. The standard InChI is InChI=1S/C13H18ClNO3S2/c1-2-12-4-3-11(10-14)9-13(12)20(17,18)15-5-7-19(16)8-6-15/h3-4,9H,2,5-8,10H2,1H3. The van der Waals surface area contributed by atoms with Crippen molar-refractivity contribution in [2.75, 3.05) is 24.6 Å². The zero-order valence-corrected chi connectivity index (χ0v) is 13.7.